The highest BCUT2D eigenvalue weighted by Crippen LogP contribution is 2.35. The quantitative estimate of drug-likeness (QED) is 0.915. The summed E-state index contributed by atoms with van der Waals surface area (Å²) in [4.78, 5) is 13.3. The number of hydrogen-bond acceptors (Lipinski definition) is 4. The van der Waals surface area contributed by atoms with Crippen molar-refractivity contribution in [3.05, 3.63) is 18.2 Å². The minimum Gasteiger partial charge on any atom is -0.479 e. The van der Waals surface area contributed by atoms with E-state index < -0.39 is 16.1 Å². The number of benzene rings is 1. The maximum atomic E-state index is 11.8. The fraction of sp³-hybridized carbons (Fsp3) is 0.462. The Labute approximate surface area is 118 Å². The van der Waals surface area contributed by atoms with Crippen molar-refractivity contribution in [1.29, 1.82) is 0 Å². The van der Waals surface area contributed by atoms with Crippen molar-refractivity contribution in [2.24, 2.45) is 0 Å². The highest BCUT2D eigenvalue weighted by molar-refractivity contribution is 7.92. The normalized spacial score (nSPS) is 18.4. The Bertz CT molecular complexity index is 627. The molecule has 0 aliphatic carbocycles. The molecule has 1 aliphatic heterocycles. The summed E-state index contributed by atoms with van der Waals surface area (Å²) in [6, 6.07) is 4.90. The van der Waals surface area contributed by atoms with E-state index in [4.69, 9.17) is 4.74 Å². The Balaban J connectivity index is 2.31. The standard InChI is InChI=1S/C13H18N2O4S/c1-4-7-20(17,18)14-10-5-6-12-11(8-10)15(3)13(16)9(2)19-12/h5-6,8-9,14H,4,7H2,1-3H3. The third-order valence-corrected chi connectivity index (χ3v) is 4.54. The minimum atomic E-state index is -3.35. The van der Waals surface area contributed by atoms with Gasteiger partial charge in [0.2, 0.25) is 10.0 Å². The van der Waals surface area contributed by atoms with E-state index in [0.717, 1.165) is 0 Å². The number of sulfonamides is 1. The van der Waals surface area contributed by atoms with Crippen molar-refractivity contribution in [2.75, 3.05) is 22.4 Å². The molecule has 1 N–H and O–H groups in total. The van der Waals surface area contributed by atoms with Gasteiger partial charge in [0.25, 0.3) is 5.91 Å². The van der Waals surface area contributed by atoms with E-state index in [1.54, 1.807) is 39.1 Å². The first-order valence-electron chi connectivity index (χ1n) is 6.43. The van der Waals surface area contributed by atoms with Crippen LogP contribution in [0.3, 0.4) is 0 Å². The van der Waals surface area contributed by atoms with E-state index in [9.17, 15) is 13.2 Å². The molecule has 110 valence electrons. The summed E-state index contributed by atoms with van der Waals surface area (Å²) in [5.41, 5.74) is 0.986. The number of likely N-dealkylation sites (N-methyl/N-ethyl adjacent to an activating group) is 1. The van der Waals surface area contributed by atoms with Gasteiger partial charge in [-0.05, 0) is 31.5 Å². The van der Waals surface area contributed by atoms with E-state index in [-0.39, 0.29) is 11.7 Å². The zero-order valence-electron chi connectivity index (χ0n) is 11.7. The molecule has 0 aromatic heterocycles. The fourth-order valence-electron chi connectivity index (χ4n) is 2.07. The number of anilines is 2. The SMILES string of the molecule is CCCS(=O)(=O)Nc1ccc2c(c1)N(C)C(=O)C(C)O2. The first kappa shape index (κ1) is 14.6. The van der Waals surface area contributed by atoms with Gasteiger partial charge >= 0.3 is 0 Å². The van der Waals surface area contributed by atoms with Crippen LogP contribution in [0.5, 0.6) is 5.75 Å². The number of nitrogens with zero attached hydrogens (tertiary/aromatic N) is 1. The van der Waals surface area contributed by atoms with Gasteiger partial charge in [-0.25, -0.2) is 8.42 Å². The van der Waals surface area contributed by atoms with Crippen molar-refractivity contribution in [1.82, 2.24) is 0 Å². The summed E-state index contributed by atoms with van der Waals surface area (Å²) in [5.74, 6) is 0.468. The van der Waals surface area contributed by atoms with Crippen LogP contribution in [0.2, 0.25) is 0 Å². The predicted molar refractivity (Wildman–Crippen MR) is 77.6 cm³/mol. The number of rotatable bonds is 4. The number of ether oxygens (including phenoxy) is 1. The van der Waals surface area contributed by atoms with Crippen molar-refractivity contribution >= 4 is 27.3 Å². The van der Waals surface area contributed by atoms with Gasteiger partial charge in [0.15, 0.2) is 6.10 Å². The maximum absolute atomic E-state index is 11.8. The monoisotopic (exact) mass is 298 g/mol. The van der Waals surface area contributed by atoms with Crippen LogP contribution in [0.1, 0.15) is 20.3 Å². The average molecular weight is 298 g/mol. The van der Waals surface area contributed by atoms with Gasteiger partial charge in [-0.1, -0.05) is 6.92 Å². The number of carbonyl (C=O) groups is 1. The van der Waals surface area contributed by atoms with Gasteiger partial charge in [0, 0.05) is 7.05 Å². The van der Waals surface area contributed by atoms with Gasteiger partial charge in [0.05, 0.1) is 17.1 Å². The predicted octanol–water partition coefficient (Wildman–Crippen LogP) is 1.58. The molecule has 1 aliphatic rings. The van der Waals surface area contributed by atoms with Crippen molar-refractivity contribution < 1.29 is 17.9 Å². The third-order valence-electron chi connectivity index (χ3n) is 3.05. The smallest absolute Gasteiger partial charge is 0.267 e. The number of nitrogens with one attached hydrogen (secondary N) is 1. The van der Waals surface area contributed by atoms with Gasteiger partial charge < -0.3 is 9.64 Å². The van der Waals surface area contributed by atoms with Gasteiger partial charge in [0.1, 0.15) is 5.75 Å². The Hall–Kier alpha value is -1.76. The molecule has 0 radical (unpaired) electrons. The Morgan fingerprint density at radius 1 is 1.40 bits per heavy atom. The third kappa shape index (κ3) is 2.87. The second-order valence-corrected chi connectivity index (χ2v) is 6.60. The molecule has 1 heterocycles. The van der Waals surface area contributed by atoms with Crippen molar-refractivity contribution in [2.45, 2.75) is 26.4 Å². The molecule has 2 rings (SSSR count). The Kier molecular flexibility index (Phi) is 3.89. The maximum Gasteiger partial charge on any atom is 0.267 e. The van der Waals surface area contributed by atoms with E-state index in [1.165, 1.54) is 4.90 Å². The van der Waals surface area contributed by atoms with Gasteiger partial charge in [-0.15, -0.1) is 0 Å². The summed E-state index contributed by atoms with van der Waals surface area (Å²) >= 11 is 0. The fourth-order valence-corrected chi connectivity index (χ4v) is 3.20. The van der Waals surface area contributed by atoms with E-state index in [0.29, 0.717) is 23.5 Å². The van der Waals surface area contributed by atoms with Crippen LogP contribution in [0.15, 0.2) is 18.2 Å². The lowest BCUT2D eigenvalue weighted by Crippen LogP contribution is -2.42. The first-order valence-corrected chi connectivity index (χ1v) is 8.08. The summed E-state index contributed by atoms with van der Waals surface area (Å²) < 4.78 is 31.5. The molecule has 7 heteroatoms. The topological polar surface area (TPSA) is 75.7 Å². The lowest BCUT2D eigenvalue weighted by Gasteiger charge is -2.30. The summed E-state index contributed by atoms with van der Waals surface area (Å²) in [6.45, 7) is 3.48. The molecule has 0 bridgehead atoms. The molecular formula is C13H18N2O4S. The minimum absolute atomic E-state index is 0.0619. The Morgan fingerprint density at radius 2 is 2.10 bits per heavy atom. The van der Waals surface area contributed by atoms with E-state index in [1.807, 2.05) is 0 Å². The largest absolute Gasteiger partial charge is 0.479 e. The molecule has 1 atom stereocenters. The summed E-state index contributed by atoms with van der Waals surface area (Å²) in [7, 11) is -1.70. The second-order valence-electron chi connectivity index (χ2n) is 4.76. The van der Waals surface area contributed by atoms with Crippen LogP contribution < -0.4 is 14.4 Å². The first-order chi connectivity index (χ1) is 9.34. The van der Waals surface area contributed by atoms with Gasteiger partial charge in [-0.2, -0.15) is 0 Å². The number of amides is 1. The van der Waals surface area contributed by atoms with Crippen molar-refractivity contribution in [3.63, 3.8) is 0 Å². The average Bonchev–Trinajstić information content (AvgIpc) is 2.36. The van der Waals surface area contributed by atoms with E-state index in [2.05, 4.69) is 4.72 Å². The molecule has 1 amide bonds. The lowest BCUT2D eigenvalue weighted by molar-refractivity contribution is -0.125. The number of fused-ring (bicyclic) bond motifs is 1. The molecule has 0 fully saturated rings. The molecule has 1 aromatic carbocycles. The zero-order chi connectivity index (χ0) is 14.9. The highest BCUT2D eigenvalue weighted by Gasteiger charge is 2.29. The van der Waals surface area contributed by atoms with Crippen molar-refractivity contribution in [3.8, 4) is 5.75 Å². The Morgan fingerprint density at radius 3 is 2.75 bits per heavy atom. The van der Waals surface area contributed by atoms with Crippen LogP contribution in [-0.2, 0) is 14.8 Å². The van der Waals surface area contributed by atoms with Crippen LogP contribution in [-0.4, -0.2) is 33.2 Å². The molecule has 0 saturated carbocycles. The van der Waals surface area contributed by atoms with Crippen LogP contribution in [0.4, 0.5) is 11.4 Å². The zero-order valence-corrected chi connectivity index (χ0v) is 12.5. The highest BCUT2D eigenvalue weighted by atomic mass is 32.2. The summed E-state index contributed by atoms with van der Waals surface area (Å²) in [5, 5.41) is 0. The van der Waals surface area contributed by atoms with Gasteiger partial charge in [-0.3, -0.25) is 9.52 Å². The number of carbonyl (C=O) groups excluding carboxylic acids is 1. The molecule has 0 saturated heterocycles. The van der Waals surface area contributed by atoms with Crippen LogP contribution in [0.25, 0.3) is 0 Å². The van der Waals surface area contributed by atoms with E-state index >= 15 is 0 Å². The molecular weight excluding hydrogens is 280 g/mol. The summed E-state index contributed by atoms with van der Waals surface area (Å²) in [6.07, 6.45) is 0.00868. The second kappa shape index (κ2) is 5.32. The molecule has 20 heavy (non-hydrogen) atoms. The van der Waals surface area contributed by atoms with Crippen LogP contribution in [0, 0.1) is 0 Å². The van der Waals surface area contributed by atoms with Crippen LogP contribution >= 0.6 is 0 Å². The molecule has 6 nitrogen and oxygen atoms in total. The lowest BCUT2D eigenvalue weighted by atomic mass is 10.2. The molecule has 1 unspecified atom stereocenters. The number of hydrogen-bond donors (Lipinski definition) is 1. The molecule has 1 aromatic rings. The molecule has 0 spiro atoms.